The van der Waals surface area contributed by atoms with Crippen molar-refractivity contribution in [2.75, 3.05) is 18.0 Å². The summed E-state index contributed by atoms with van der Waals surface area (Å²) in [5.41, 5.74) is 5.17. The van der Waals surface area contributed by atoms with E-state index >= 15 is 0 Å². The molecule has 2 aromatic heterocycles. The highest BCUT2D eigenvalue weighted by atomic mass is 19.1. The van der Waals surface area contributed by atoms with Crippen LogP contribution in [0.3, 0.4) is 0 Å². The number of nitriles is 2. The smallest absolute Gasteiger partial charge is 0.270 e. The lowest BCUT2D eigenvalue weighted by Gasteiger charge is -2.48. The third kappa shape index (κ3) is 4.37. The Hall–Kier alpha value is -4.32. The highest BCUT2D eigenvalue weighted by Crippen LogP contribution is 2.38. The van der Waals surface area contributed by atoms with Crippen molar-refractivity contribution < 1.29 is 9.23 Å². The maximum absolute atomic E-state index is 13.9. The van der Waals surface area contributed by atoms with Crippen molar-refractivity contribution in [2.45, 2.75) is 51.0 Å². The molecule has 0 amide bonds. The Bertz CT molecular complexity index is 1650. The Kier molecular flexibility index (Phi) is 6.49. The molecule has 4 heterocycles. The van der Waals surface area contributed by atoms with E-state index in [0.29, 0.717) is 41.6 Å². The second-order valence-electron chi connectivity index (χ2n) is 10.8. The largest absolute Gasteiger partial charge is 0.389 e. The standard InChI is InChI=1S/C29H29FN8O2/c1-16-15-38(26-22(13-32)29(39)36(3)23-11-10-21(12-31)33-24(23)26)17(2)14-37(16)25(18-6-8-20(30)9-7-18)28-34-27(35-40-28)19-4-5-19/h6-11,16-17,19,25,27,35H,4-5,14-15H2,1-3H3/t16-,17+,25?,27?/m1/s1. The normalized spacial score (nSPS) is 23.8. The van der Waals surface area contributed by atoms with Gasteiger partial charge in [0.2, 0.25) is 5.90 Å². The van der Waals surface area contributed by atoms with E-state index in [-0.39, 0.29) is 41.4 Å². The average Bonchev–Trinajstić information content (AvgIpc) is 3.70. The van der Waals surface area contributed by atoms with Gasteiger partial charge >= 0.3 is 0 Å². The van der Waals surface area contributed by atoms with Crippen molar-refractivity contribution in [3.63, 3.8) is 0 Å². The zero-order valence-corrected chi connectivity index (χ0v) is 22.5. The lowest BCUT2D eigenvalue weighted by atomic mass is 9.98. The number of fused-ring (bicyclic) bond motifs is 1. The van der Waals surface area contributed by atoms with Gasteiger partial charge in [-0.25, -0.2) is 14.4 Å². The first kappa shape index (κ1) is 25.9. The van der Waals surface area contributed by atoms with E-state index in [2.05, 4.69) is 34.4 Å². The summed E-state index contributed by atoms with van der Waals surface area (Å²) in [6.45, 7) is 5.11. The topological polar surface area (TPSA) is 123 Å². The van der Waals surface area contributed by atoms with Gasteiger partial charge in [0, 0.05) is 32.2 Å². The summed E-state index contributed by atoms with van der Waals surface area (Å²) in [6, 6.07) is 13.3. The SMILES string of the molecule is C[C@@H]1CN(c2c(C#N)c(=O)n(C)c3ccc(C#N)nc23)[C@@H](C)CN1C(C1=NC(C2CC2)NO1)c1ccc(F)cc1. The molecule has 0 spiro atoms. The Morgan fingerprint density at radius 1 is 1.07 bits per heavy atom. The molecule has 4 atom stereocenters. The Morgan fingerprint density at radius 2 is 1.82 bits per heavy atom. The van der Waals surface area contributed by atoms with Gasteiger partial charge in [0.05, 0.1) is 11.2 Å². The van der Waals surface area contributed by atoms with Crippen LogP contribution < -0.4 is 15.9 Å². The number of hydrogen-bond acceptors (Lipinski definition) is 9. The van der Waals surface area contributed by atoms with E-state index in [1.165, 1.54) is 16.7 Å². The summed E-state index contributed by atoms with van der Waals surface area (Å²) in [6.07, 6.45) is 2.13. The molecule has 40 heavy (non-hydrogen) atoms. The van der Waals surface area contributed by atoms with Crippen LogP contribution in [0.5, 0.6) is 0 Å². The number of aromatic nitrogens is 2. The van der Waals surface area contributed by atoms with Crippen molar-refractivity contribution >= 4 is 22.6 Å². The van der Waals surface area contributed by atoms with Crippen LogP contribution in [0.25, 0.3) is 11.0 Å². The summed E-state index contributed by atoms with van der Waals surface area (Å²) < 4.78 is 15.3. The summed E-state index contributed by atoms with van der Waals surface area (Å²) in [7, 11) is 1.60. The van der Waals surface area contributed by atoms with E-state index < -0.39 is 5.56 Å². The molecule has 204 valence electrons. The molecule has 11 heteroatoms. The van der Waals surface area contributed by atoms with Gasteiger partial charge in [-0.15, -0.1) is 5.48 Å². The monoisotopic (exact) mass is 540 g/mol. The molecule has 0 radical (unpaired) electrons. The van der Waals surface area contributed by atoms with Crippen LogP contribution in [0.1, 0.15) is 49.6 Å². The van der Waals surface area contributed by atoms with E-state index in [4.69, 9.17) is 9.83 Å². The number of halogens is 1. The third-order valence-corrected chi connectivity index (χ3v) is 8.13. The second kappa shape index (κ2) is 10.0. The van der Waals surface area contributed by atoms with Gasteiger partial charge in [-0.3, -0.25) is 9.69 Å². The fourth-order valence-electron chi connectivity index (χ4n) is 5.83. The van der Waals surface area contributed by atoms with Crippen molar-refractivity contribution in [3.05, 3.63) is 69.4 Å². The first-order valence-electron chi connectivity index (χ1n) is 13.4. The van der Waals surface area contributed by atoms with E-state index in [9.17, 15) is 19.7 Å². The molecule has 1 aromatic carbocycles. The minimum absolute atomic E-state index is 0.000140. The molecule has 3 aliphatic rings. The predicted octanol–water partition coefficient (Wildman–Crippen LogP) is 3.13. The second-order valence-corrected chi connectivity index (χ2v) is 10.8. The minimum Gasteiger partial charge on any atom is -0.389 e. The number of hydrogen-bond donors (Lipinski definition) is 1. The molecule has 0 bridgehead atoms. The van der Waals surface area contributed by atoms with Crippen LogP contribution in [0.15, 0.2) is 46.2 Å². The minimum atomic E-state index is -0.408. The molecule has 2 aliphatic heterocycles. The van der Waals surface area contributed by atoms with Gasteiger partial charge in [0.25, 0.3) is 5.56 Å². The third-order valence-electron chi connectivity index (χ3n) is 8.13. The highest BCUT2D eigenvalue weighted by molar-refractivity contribution is 5.92. The predicted molar refractivity (Wildman–Crippen MR) is 147 cm³/mol. The van der Waals surface area contributed by atoms with Crippen molar-refractivity contribution in [2.24, 2.45) is 18.0 Å². The number of rotatable bonds is 5. The highest BCUT2D eigenvalue weighted by Gasteiger charge is 2.43. The van der Waals surface area contributed by atoms with E-state index in [1.807, 2.05) is 11.8 Å². The van der Waals surface area contributed by atoms with Gasteiger partial charge in [-0.2, -0.15) is 10.5 Å². The summed E-state index contributed by atoms with van der Waals surface area (Å²) in [4.78, 5) is 32.9. The van der Waals surface area contributed by atoms with Gasteiger partial charge in [-0.1, -0.05) is 12.1 Å². The fraction of sp³-hybridized carbons (Fsp3) is 0.414. The number of anilines is 1. The lowest BCUT2D eigenvalue weighted by Crippen LogP contribution is -2.59. The first-order chi connectivity index (χ1) is 19.3. The van der Waals surface area contributed by atoms with Gasteiger partial charge < -0.3 is 14.3 Å². The molecule has 1 aliphatic carbocycles. The Morgan fingerprint density at radius 3 is 2.50 bits per heavy atom. The summed E-state index contributed by atoms with van der Waals surface area (Å²) in [5, 5.41) is 19.6. The van der Waals surface area contributed by atoms with Crippen LogP contribution in [-0.4, -0.2) is 51.7 Å². The molecule has 3 aromatic rings. The van der Waals surface area contributed by atoms with Crippen molar-refractivity contribution in [3.8, 4) is 12.1 Å². The zero-order valence-electron chi connectivity index (χ0n) is 22.5. The number of pyridine rings is 2. The molecule has 1 saturated carbocycles. The number of hydroxylamine groups is 1. The number of aliphatic imine (C=N–C) groups is 1. The van der Waals surface area contributed by atoms with Crippen LogP contribution in [-0.2, 0) is 11.9 Å². The molecule has 1 N–H and O–H groups in total. The van der Waals surface area contributed by atoms with Crippen molar-refractivity contribution in [1.82, 2.24) is 19.9 Å². The van der Waals surface area contributed by atoms with Crippen LogP contribution >= 0.6 is 0 Å². The van der Waals surface area contributed by atoms with Gasteiger partial charge in [-0.05, 0) is 62.4 Å². The van der Waals surface area contributed by atoms with E-state index in [1.54, 1.807) is 31.3 Å². The zero-order chi connectivity index (χ0) is 28.1. The number of aryl methyl sites for hydroxylation is 1. The molecular formula is C29H29FN8O2. The molecule has 10 nitrogen and oxygen atoms in total. The summed E-state index contributed by atoms with van der Waals surface area (Å²) in [5.74, 6) is 0.694. The molecule has 1 saturated heterocycles. The number of benzene rings is 1. The van der Waals surface area contributed by atoms with Crippen LogP contribution in [0.2, 0.25) is 0 Å². The van der Waals surface area contributed by atoms with Gasteiger partial charge in [0.15, 0.2) is 0 Å². The van der Waals surface area contributed by atoms with Crippen LogP contribution in [0, 0.1) is 34.4 Å². The fourth-order valence-corrected chi connectivity index (χ4v) is 5.83. The molecule has 2 fully saturated rings. The Labute approximate surface area is 230 Å². The number of nitrogens with zero attached hydrogens (tertiary/aromatic N) is 7. The molecule has 6 rings (SSSR count). The maximum atomic E-state index is 13.9. The lowest BCUT2D eigenvalue weighted by molar-refractivity contribution is 0.107. The maximum Gasteiger partial charge on any atom is 0.270 e. The average molecular weight is 541 g/mol. The van der Waals surface area contributed by atoms with E-state index in [0.717, 1.165) is 18.4 Å². The Balaban J connectivity index is 1.41. The number of nitrogens with one attached hydrogen (secondary N) is 1. The number of piperazine rings is 1. The van der Waals surface area contributed by atoms with Crippen molar-refractivity contribution in [1.29, 1.82) is 10.5 Å². The van der Waals surface area contributed by atoms with Gasteiger partial charge in [0.1, 0.15) is 46.9 Å². The first-order valence-corrected chi connectivity index (χ1v) is 13.4. The van der Waals surface area contributed by atoms with Crippen LogP contribution in [0.4, 0.5) is 10.1 Å². The molecular weight excluding hydrogens is 511 g/mol. The quantitative estimate of drug-likeness (QED) is 0.524. The summed E-state index contributed by atoms with van der Waals surface area (Å²) >= 11 is 0. The molecule has 2 unspecified atom stereocenters.